The van der Waals surface area contributed by atoms with Gasteiger partial charge in [-0.1, -0.05) is 8.43 Å². The van der Waals surface area contributed by atoms with Gasteiger partial charge in [-0.05, 0) is 118 Å². The van der Waals surface area contributed by atoms with E-state index in [0.717, 1.165) is 0 Å². The lowest BCUT2D eigenvalue weighted by molar-refractivity contribution is 0.125. The fraction of sp³-hybridized carbons (Fsp3) is 1.00. The first kappa shape index (κ1) is 37.5. The standard InChI is InChI=1S/C18H54O9PSi8/c1-29(2,3)22-35(23-30(4,5)6,24-31(7,8)9)20-28(19)21-36(25-32(10,11)12,26-33(13,14)15)27-34(16,17)18/h1-18H3/q+1. The highest BCUT2D eigenvalue weighted by atomic mass is 31.1. The predicted octanol–water partition coefficient (Wildman–Crippen LogP) is 7.66. The van der Waals surface area contributed by atoms with Crippen LogP contribution < -0.4 is 0 Å². The highest BCUT2D eigenvalue weighted by Crippen LogP contribution is 2.41. The molecule has 0 unspecified atom stereocenters. The molecule has 0 N–H and O–H groups in total. The molecule has 216 valence electrons. The van der Waals surface area contributed by atoms with Crippen LogP contribution in [0.4, 0.5) is 0 Å². The molecule has 0 saturated carbocycles. The Morgan fingerprint density at radius 1 is 0.333 bits per heavy atom. The van der Waals surface area contributed by atoms with Gasteiger partial charge >= 0.3 is 26.4 Å². The Bertz CT molecular complexity index is 590. The molecular formula is C18H54O9PSi8+. The van der Waals surface area contributed by atoms with Crippen LogP contribution in [0.15, 0.2) is 0 Å². The van der Waals surface area contributed by atoms with E-state index in [1.165, 1.54) is 0 Å². The molecule has 0 heterocycles. The van der Waals surface area contributed by atoms with Crippen LogP contribution in [-0.4, -0.2) is 68.0 Å². The SMILES string of the molecule is C[Si](C)(C)O[Si](O[P+](=O)O[Si](O[Si](C)(C)C)(O[Si](C)(C)C)O[Si](C)(C)C)(O[Si](C)(C)C)O[Si](C)(C)C. The van der Waals surface area contributed by atoms with Crippen LogP contribution in [0.5, 0.6) is 0 Å². The van der Waals surface area contributed by atoms with Crippen molar-refractivity contribution in [1.82, 2.24) is 0 Å². The minimum absolute atomic E-state index is 2.03. The second kappa shape index (κ2) is 12.6. The van der Waals surface area contributed by atoms with Gasteiger partial charge in [-0.2, -0.15) is 0 Å². The largest absolute Gasteiger partial charge is 0.697 e. The third kappa shape index (κ3) is 18.7. The van der Waals surface area contributed by atoms with Gasteiger partial charge in [0, 0.05) is 4.57 Å². The van der Waals surface area contributed by atoms with Crippen LogP contribution >= 0.6 is 8.25 Å². The Labute approximate surface area is 231 Å². The Morgan fingerprint density at radius 3 is 0.583 bits per heavy atom. The topological polar surface area (TPSA) is 90.9 Å². The zero-order chi connectivity index (χ0) is 29.2. The summed E-state index contributed by atoms with van der Waals surface area (Å²) in [5.74, 6) is 0. The van der Waals surface area contributed by atoms with Gasteiger partial charge < -0.3 is 24.7 Å². The number of hydrogen-bond donors (Lipinski definition) is 0. The van der Waals surface area contributed by atoms with Gasteiger partial charge in [-0.3, -0.25) is 0 Å². The molecule has 36 heavy (non-hydrogen) atoms. The normalized spacial score (nSPS) is 15.4. The summed E-state index contributed by atoms with van der Waals surface area (Å²) in [6, 6.07) is 0. The van der Waals surface area contributed by atoms with E-state index in [1.54, 1.807) is 0 Å². The summed E-state index contributed by atoms with van der Waals surface area (Å²) >= 11 is 0. The van der Waals surface area contributed by atoms with E-state index in [-0.39, 0.29) is 0 Å². The van der Waals surface area contributed by atoms with Crippen molar-refractivity contribution < 1.29 is 37.7 Å². The summed E-state index contributed by atoms with van der Waals surface area (Å²) in [5, 5.41) is 0. The molecule has 0 bridgehead atoms. The van der Waals surface area contributed by atoms with Crippen LogP contribution in [0, 0.1) is 0 Å². The van der Waals surface area contributed by atoms with E-state index in [4.69, 9.17) is 33.1 Å². The van der Waals surface area contributed by atoms with Crippen molar-refractivity contribution in [3.05, 3.63) is 0 Å². The van der Waals surface area contributed by atoms with Crippen molar-refractivity contribution in [2.75, 3.05) is 0 Å². The summed E-state index contributed by atoms with van der Waals surface area (Å²) in [5.41, 5.74) is 0. The lowest BCUT2D eigenvalue weighted by atomic mass is 11.8. The highest BCUT2D eigenvalue weighted by Gasteiger charge is 2.66. The molecule has 0 aliphatic heterocycles. The molecule has 0 fully saturated rings. The molecular weight excluding hydrogens is 616 g/mol. The minimum Gasteiger partial charge on any atom is -0.393 e. The lowest BCUT2D eigenvalue weighted by Gasteiger charge is -2.38. The molecule has 9 nitrogen and oxygen atoms in total. The molecule has 0 rings (SSSR count). The number of rotatable bonds is 16. The third-order valence-corrected chi connectivity index (χ3v) is 26.6. The Hall–Kier alpha value is 1.52. The fourth-order valence-corrected chi connectivity index (χ4v) is 28.8. The minimum atomic E-state index is -3.87. The summed E-state index contributed by atoms with van der Waals surface area (Å²) in [6.45, 7) is 36.6. The Kier molecular flexibility index (Phi) is 13.1. The maximum atomic E-state index is 13.8. The van der Waals surface area contributed by atoms with E-state index >= 15 is 0 Å². The van der Waals surface area contributed by atoms with Crippen LogP contribution in [-0.2, 0) is 37.7 Å². The van der Waals surface area contributed by atoms with Crippen LogP contribution in [0.1, 0.15) is 0 Å². The zero-order valence-corrected chi connectivity index (χ0v) is 35.0. The summed E-state index contributed by atoms with van der Waals surface area (Å²) < 4.78 is 65.1. The van der Waals surface area contributed by atoms with Crippen molar-refractivity contribution in [3.63, 3.8) is 0 Å². The van der Waals surface area contributed by atoms with E-state index in [0.29, 0.717) is 0 Å². The molecule has 0 spiro atoms. The molecule has 0 saturated heterocycles. The first-order chi connectivity index (χ1) is 15.3. The van der Waals surface area contributed by atoms with Gasteiger partial charge in [0.15, 0.2) is 49.9 Å². The second-order valence-electron chi connectivity index (χ2n) is 14.7. The maximum absolute atomic E-state index is 13.8. The van der Waals surface area contributed by atoms with Crippen LogP contribution in [0.25, 0.3) is 0 Å². The molecule has 0 aromatic rings. The molecule has 0 amide bonds. The van der Waals surface area contributed by atoms with Crippen molar-refractivity contribution >= 4 is 76.3 Å². The molecule has 0 aromatic carbocycles. The second-order valence-corrected chi connectivity index (χ2v) is 48.8. The summed E-state index contributed by atoms with van der Waals surface area (Å²) in [4.78, 5) is 0. The molecule has 18 heteroatoms. The maximum Gasteiger partial charge on any atom is 0.697 e. The van der Waals surface area contributed by atoms with Crippen molar-refractivity contribution in [2.45, 2.75) is 118 Å². The molecule has 0 atom stereocenters. The smallest absolute Gasteiger partial charge is 0.393 e. The third-order valence-electron chi connectivity index (χ3n) is 2.96. The fourth-order valence-electron chi connectivity index (χ4n) is 2.69. The predicted molar refractivity (Wildman–Crippen MR) is 168 cm³/mol. The van der Waals surface area contributed by atoms with Crippen molar-refractivity contribution in [1.29, 1.82) is 0 Å². The summed E-state index contributed by atoms with van der Waals surface area (Å²) in [7, 11) is -24.0. The van der Waals surface area contributed by atoms with Crippen molar-refractivity contribution in [2.24, 2.45) is 0 Å². The zero-order valence-electron chi connectivity index (χ0n) is 26.1. The van der Waals surface area contributed by atoms with Gasteiger partial charge in [0.25, 0.3) is 0 Å². The Morgan fingerprint density at radius 2 is 0.472 bits per heavy atom. The van der Waals surface area contributed by atoms with Gasteiger partial charge in [0.05, 0.1) is 0 Å². The quantitative estimate of drug-likeness (QED) is 0.121. The average Bonchev–Trinajstić information content (AvgIpc) is 2.31. The van der Waals surface area contributed by atoms with E-state index in [1.807, 2.05) is 118 Å². The van der Waals surface area contributed by atoms with Crippen molar-refractivity contribution in [3.8, 4) is 0 Å². The van der Waals surface area contributed by atoms with Gasteiger partial charge in [-0.15, -0.1) is 0 Å². The average molecular weight is 670 g/mol. The van der Waals surface area contributed by atoms with Gasteiger partial charge in [0.2, 0.25) is 0 Å². The molecule has 0 radical (unpaired) electrons. The monoisotopic (exact) mass is 669 g/mol. The Balaban J connectivity index is 6.64. The number of hydrogen-bond acceptors (Lipinski definition) is 9. The van der Waals surface area contributed by atoms with Crippen LogP contribution in [0.3, 0.4) is 0 Å². The van der Waals surface area contributed by atoms with E-state index in [9.17, 15) is 4.57 Å². The molecule has 0 aromatic heterocycles. The van der Waals surface area contributed by atoms with E-state index in [2.05, 4.69) is 0 Å². The lowest BCUT2D eigenvalue weighted by Crippen LogP contribution is -2.63. The first-order valence-electron chi connectivity index (χ1n) is 12.4. The highest BCUT2D eigenvalue weighted by molar-refractivity contribution is 7.37. The van der Waals surface area contributed by atoms with Gasteiger partial charge in [0.1, 0.15) is 0 Å². The van der Waals surface area contributed by atoms with Crippen LogP contribution in [0.2, 0.25) is 118 Å². The molecule has 0 aliphatic carbocycles. The van der Waals surface area contributed by atoms with Gasteiger partial charge in [-0.25, -0.2) is 0 Å². The summed E-state index contributed by atoms with van der Waals surface area (Å²) in [6.07, 6.45) is 0. The first-order valence-corrected chi connectivity index (χ1v) is 37.2. The molecule has 0 aliphatic rings. The van der Waals surface area contributed by atoms with E-state index < -0.39 is 76.3 Å².